The van der Waals surface area contributed by atoms with Gasteiger partial charge in [0.15, 0.2) is 0 Å². The van der Waals surface area contributed by atoms with Crippen molar-refractivity contribution in [1.29, 1.82) is 0 Å². The van der Waals surface area contributed by atoms with Crippen LogP contribution < -0.4 is 0 Å². The van der Waals surface area contributed by atoms with Gasteiger partial charge in [-0.3, -0.25) is 0 Å². The Labute approximate surface area is 78.6 Å². The van der Waals surface area contributed by atoms with Gasteiger partial charge in [-0.25, -0.2) is 4.09 Å². The molecule has 0 aliphatic carbocycles. The van der Waals surface area contributed by atoms with Gasteiger partial charge in [0.05, 0.1) is 0 Å². The smallest absolute Gasteiger partial charge is 0.217 e. The molecule has 6 heteroatoms. The van der Waals surface area contributed by atoms with E-state index in [2.05, 4.69) is 17.9 Å². The summed E-state index contributed by atoms with van der Waals surface area (Å²) in [6.45, 7) is 0. The Morgan fingerprint density at radius 1 is 1.50 bits per heavy atom. The van der Waals surface area contributed by atoms with Crippen LogP contribution in [0.3, 0.4) is 0 Å². The highest BCUT2D eigenvalue weighted by atomic mass is 35.6. The first kappa shape index (κ1) is 8.53. The molecule has 0 N–H and O–H groups in total. The number of thiol groups is 1. The van der Waals surface area contributed by atoms with Crippen LogP contribution in [0.4, 0.5) is 0 Å². The maximum atomic E-state index is 5.49. The first-order chi connectivity index (χ1) is 4.50. The van der Waals surface area contributed by atoms with E-state index in [0.717, 1.165) is 0 Å². The van der Waals surface area contributed by atoms with E-state index in [9.17, 15) is 0 Å². The molecule has 0 fully saturated rings. The molecule has 0 aliphatic heterocycles. The highest BCUT2D eigenvalue weighted by molar-refractivity contribution is 7.78. The minimum absolute atomic E-state index is 0.368. The van der Waals surface area contributed by atoms with Crippen LogP contribution in [-0.4, -0.2) is 9.19 Å². The average molecular weight is 218 g/mol. The number of nitrogens with zero attached hydrogens (tertiary/aromatic N) is 2. The predicted octanol–water partition coefficient (Wildman–Crippen LogP) is 2.40. The molecular weight excluding hydrogens is 214 g/mol. The molecule has 0 unspecified atom stereocenters. The first-order valence-corrected chi connectivity index (χ1v) is 3.85. The normalized spacial score (nSPS) is 12.0. The summed E-state index contributed by atoms with van der Waals surface area (Å²) < 4.78 is -0.175. The van der Waals surface area contributed by atoms with Crippen molar-refractivity contribution >= 4 is 47.6 Å². The fourth-order valence-electron chi connectivity index (χ4n) is 0.466. The third kappa shape index (κ3) is 1.95. The molecule has 0 aliphatic rings. The van der Waals surface area contributed by atoms with Gasteiger partial charge in [-0.1, -0.05) is 34.8 Å². The molecule has 1 aromatic rings. The monoisotopic (exact) mass is 216 g/mol. The Morgan fingerprint density at radius 3 is 2.30 bits per heavy atom. The van der Waals surface area contributed by atoms with Gasteiger partial charge in [-0.15, -0.1) is 0 Å². The van der Waals surface area contributed by atoms with Crippen LogP contribution in [0.15, 0.2) is 12.3 Å². The van der Waals surface area contributed by atoms with Crippen LogP contribution >= 0.6 is 47.6 Å². The molecule has 1 rings (SSSR count). The van der Waals surface area contributed by atoms with Gasteiger partial charge in [-0.05, 0) is 18.9 Å². The summed E-state index contributed by atoms with van der Waals surface area (Å²) in [6, 6.07) is 1.58. The van der Waals surface area contributed by atoms with Crippen molar-refractivity contribution in [3.63, 3.8) is 0 Å². The number of halogens is 3. The topological polar surface area (TPSA) is 17.8 Å². The number of hydrogen-bond acceptors (Lipinski definition) is 2. The van der Waals surface area contributed by atoms with Gasteiger partial charge in [-0.2, -0.15) is 5.10 Å². The summed E-state index contributed by atoms with van der Waals surface area (Å²) in [5.74, 6) is 0. The molecule has 0 saturated heterocycles. The Balaban J connectivity index is 2.96. The van der Waals surface area contributed by atoms with E-state index in [1.807, 2.05) is 0 Å². The van der Waals surface area contributed by atoms with Gasteiger partial charge in [0.1, 0.15) is 5.69 Å². The Kier molecular flexibility index (Phi) is 2.40. The zero-order valence-corrected chi connectivity index (χ0v) is 7.79. The van der Waals surface area contributed by atoms with Gasteiger partial charge in [0.25, 0.3) is 0 Å². The quantitative estimate of drug-likeness (QED) is 0.522. The van der Waals surface area contributed by atoms with E-state index in [0.29, 0.717) is 5.69 Å². The van der Waals surface area contributed by atoms with Crippen LogP contribution in [-0.2, 0) is 3.79 Å². The molecule has 1 heterocycles. The van der Waals surface area contributed by atoms with Crippen LogP contribution in [0.2, 0.25) is 0 Å². The lowest BCUT2D eigenvalue weighted by molar-refractivity contribution is 0.953. The summed E-state index contributed by atoms with van der Waals surface area (Å²) in [5, 5.41) is 3.77. The van der Waals surface area contributed by atoms with Crippen LogP contribution in [0.25, 0.3) is 0 Å². The maximum absolute atomic E-state index is 5.49. The Bertz CT molecular complexity index is 229. The van der Waals surface area contributed by atoms with E-state index < -0.39 is 3.79 Å². The molecule has 56 valence electrons. The molecular formula is C4H3Cl3N2S. The van der Waals surface area contributed by atoms with Crippen LogP contribution in [0.1, 0.15) is 5.69 Å². The molecule has 2 nitrogen and oxygen atoms in total. The molecule has 0 saturated carbocycles. The minimum Gasteiger partial charge on any atom is -0.217 e. The highest BCUT2D eigenvalue weighted by Gasteiger charge is 2.25. The maximum Gasteiger partial charge on any atom is 0.234 e. The summed E-state index contributed by atoms with van der Waals surface area (Å²) in [4.78, 5) is 0. The van der Waals surface area contributed by atoms with E-state index in [-0.39, 0.29) is 0 Å². The lowest BCUT2D eigenvalue weighted by Crippen LogP contribution is -2.00. The largest absolute Gasteiger partial charge is 0.234 e. The van der Waals surface area contributed by atoms with Gasteiger partial charge >= 0.3 is 0 Å². The lowest BCUT2D eigenvalue weighted by Gasteiger charge is -2.04. The van der Waals surface area contributed by atoms with Crippen molar-refractivity contribution in [2.24, 2.45) is 0 Å². The Morgan fingerprint density at radius 2 is 2.10 bits per heavy atom. The molecule has 0 amide bonds. The molecule has 1 aromatic heterocycles. The van der Waals surface area contributed by atoms with E-state index in [1.54, 1.807) is 12.3 Å². The van der Waals surface area contributed by atoms with Crippen LogP contribution in [0, 0.1) is 0 Å². The zero-order valence-electron chi connectivity index (χ0n) is 4.63. The van der Waals surface area contributed by atoms with E-state index >= 15 is 0 Å². The molecule has 10 heavy (non-hydrogen) atoms. The van der Waals surface area contributed by atoms with Crippen molar-refractivity contribution in [3.05, 3.63) is 18.0 Å². The van der Waals surface area contributed by atoms with Crippen molar-refractivity contribution in [3.8, 4) is 0 Å². The standard InChI is InChI=1S/C4H3Cl3N2S/c5-4(6,7)3-1-2-9(10)8-3/h1-2,10H. The fourth-order valence-corrected chi connectivity index (χ4v) is 0.931. The second-order valence-electron chi connectivity index (χ2n) is 1.62. The molecule has 0 spiro atoms. The number of hydrogen-bond donors (Lipinski definition) is 1. The molecule has 0 radical (unpaired) electrons. The van der Waals surface area contributed by atoms with Gasteiger partial charge in [0.2, 0.25) is 3.79 Å². The second-order valence-corrected chi connectivity index (χ2v) is 4.31. The van der Waals surface area contributed by atoms with Crippen LogP contribution in [0.5, 0.6) is 0 Å². The summed E-state index contributed by atoms with van der Waals surface area (Å²) in [5.41, 5.74) is 0.368. The predicted molar refractivity (Wildman–Crippen MR) is 45.8 cm³/mol. The molecule has 0 atom stereocenters. The third-order valence-electron chi connectivity index (χ3n) is 0.866. The number of rotatable bonds is 0. The minimum atomic E-state index is -1.45. The van der Waals surface area contributed by atoms with Gasteiger partial charge < -0.3 is 0 Å². The fraction of sp³-hybridized carbons (Fsp3) is 0.250. The summed E-state index contributed by atoms with van der Waals surface area (Å²) in [7, 11) is 0. The van der Waals surface area contributed by atoms with Crippen molar-refractivity contribution < 1.29 is 0 Å². The molecule has 0 aromatic carbocycles. The lowest BCUT2D eigenvalue weighted by atomic mass is 10.5. The third-order valence-corrected chi connectivity index (χ3v) is 1.67. The SMILES string of the molecule is Sn1ccc(C(Cl)(Cl)Cl)n1. The number of aromatic nitrogens is 2. The van der Waals surface area contributed by atoms with Crippen molar-refractivity contribution in [1.82, 2.24) is 9.19 Å². The summed E-state index contributed by atoms with van der Waals surface area (Å²) in [6.07, 6.45) is 1.58. The zero-order chi connectivity index (χ0) is 7.78. The number of alkyl halides is 3. The van der Waals surface area contributed by atoms with Gasteiger partial charge in [0, 0.05) is 6.20 Å². The van der Waals surface area contributed by atoms with E-state index in [1.165, 1.54) is 4.09 Å². The second kappa shape index (κ2) is 2.81. The average Bonchev–Trinajstić information content (AvgIpc) is 2.11. The van der Waals surface area contributed by atoms with E-state index in [4.69, 9.17) is 34.8 Å². The van der Waals surface area contributed by atoms with Crippen molar-refractivity contribution in [2.75, 3.05) is 0 Å². The highest BCUT2D eigenvalue weighted by Crippen LogP contribution is 2.36. The van der Waals surface area contributed by atoms with Crippen molar-refractivity contribution in [2.45, 2.75) is 3.79 Å². The summed E-state index contributed by atoms with van der Waals surface area (Å²) >= 11 is 20.3. The Hall–Kier alpha value is 0.430. The molecule has 0 bridgehead atoms. The first-order valence-electron chi connectivity index (χ1n) is 2.32.